The third kappa shape index (κ3) is 2.90. The average molecular weight is 314 g/mol. The summed E-state index contributed by atoms with van der Waals surface area (Å²) in [5, 5.41) is 0.579. The Labute approximate surface area is 113 Å². The standard InChI is InChI=1S/C12H10BrClN2O/c1-7-4-8(13)6-16-12(7)17-11-3-2-9(14)5-10(11)15/h2-6H,15H2,1H3. The smallest absolute Gasteiger partial charge is 0.222 e. The van der Waals surface area contributed by atoms with E-state index in [2.05, 4.69) is 20.9 Å². The molecule has 0 fully saturated rings. The van der Waals surface area contributed by atoms with Crippen molar-refractivity contribution < 1.29 is 4.74 Å². The largest absolute Gasteiger partial charge is 0.437 e. The van der Waals surface area contributed by atoms with E-state index in [0.717, 1.165) is 10.0 Å². The quantitative estimate of drug-likeness (QED) is 0.846. The minimum atomic E-state index is 0.488. The minimum absolute atomic E-state index is 0.488. The predicted octanol–water partition coefficient (Wildman–Crippen LogP) is 4.18. The molecule has 0 saturated heterocycles. The summed E-state index contributed by atoms with van der Waals surface area (Å²) in [5.41, 5.74) is 7.22. The van der Waals surface area contributed by atoms with Crippen LogP contribution in [-0.4, -0.2) is 4.98 Å². The van der Waals surface area contributed by atoms with Gasteiger partial charge in [-0.05, 0) is 47.1 Å². The molecule has 3 nitrogen and oxygen atoms in total. The Balaban J connectivity index is 2.31. The van der Waals surface area contributed by atoms with E-state index in [1.165, 1.54) is 0 Å². The summed E-state index contributed by atoms with van der Waals surface area (Å²) in [6.45, 7) is 1.92. The first-order valence-corrected chi connectivity index (χ1v) is 6.08. The van der Waals surface area contributed by atoms with E-state index in [1.54, 1.807) is 24.4 Å². The van der Waals surface area contributed by atoms with E-state index in [4.69, 9.17) is 22.1 Å². The molecule has 0 unspecified atom stereocenters. The third-order valence-corrected chi connectivity index (χ3v) is 2.84. The zero-order valence-corrected chi connectivity index (χ0v) is 11.4. The Morgan fingerprint density at radius 2 is 2.12 bits per heavy atom. The van der Waals surface area contributed by atoms with Crippen molar-refractivity contribution in [2.24, 2.45) is 0 Å². The van der Waals surface area contributed by atoms with E-state index in [9.17, 15) is 0 Å². The molecule has 17 heavy (non-hydrogen) atoms. The second kappa shape index (κ2) is 4.94. The Kier molecular flexibility index (Phi) is 3.54. The number of nitrogens with zero attached hydrogens (tertiary/aromatic N) is 1. The molecular weight excluding hydrogens is 304 g/mol. The third-order valence-electron chi connectivity index (χ3n) is 2.18. The van der Waals surface area contributed by atoms with Gasteiger partial charge in [0.15, 0.2) is 5.75 Å². The van der Waals surface area contributed by atoms with Crippen molar-refractivity contribution >= 4 is 33.2 Å². The van der Waals surface area contributed by atoms with Crippen LogP contribution < -0.4 is 10.5 Å². The van der Waals surface area contributed by atoms with E-state index in [1.807, 2.05) is 13.0 Å². The van der Waals surface area contributed by atoms with Crippen LogP contribution in [0.2, 0.25) is 5.02 Å². The maximum atomic E-state index is 5.81. The molecular formula is C12H10BrClN2O. The summed E-state index contributed by atoms with van der Waals surface area (Å²) < 4.78 is 6.54. The van der Waals surface area contributed by atoms with Gasteiger partial charge in [0.2, 0.25) is 5.88 Å². The highest BCUT2D eigenvalue weighted by Gasteiger charge is 2.06. The second-order valence-electron chi connectivity index (χ2n) is 3.56. The van der Waals surface area contributed by atoms with Crippen molar-refractivity contribution in [3.63, 3.8) is 0 Å². The van der Waals surface area contributed by atoms with Crippen LogP contribution in [-0.2, 0) is 0 Å². The highest BCUT2D eigenvalue weighted by atomic mass is 79.9. The number of ether oxygens (including phenoxy) is 1. The van der Waals surface area contributed by atoms with E-state index < -0.39 is 0 Å². The lowest BCUT2D eigenvalue weighted by Crippen LogP contribution is -1.95. The zero-order chi connectivity index (χ0) is 12.4. The predicted molar refractivity (Wildman–Crippen MR) is 72.6 cm³/mol. The molecule has 1 aromatic carbocycles. The summed E-state index contributed by atoms with van der Waals surface area (Å²) in [6, 6.07) is 7.02. The van der Waals surface area contributed by atoms with Gasteiger partial charge in [0.25, 0.3) is 0 Å². The summed E-state index contributed by atoms with van der Waals surface area (Å²) in [5.74, 6) is 1.08. The van der Waals surface area contributed by atoms with Gasteiger partial charge in [-0.15, -0.1) is 0 Å². The lowest BCUT2D eigenvalue weighted by Gasteiger charge is -2.09. The monoisotopic (exact) mass is 312 g/mol. The fourth-order valence-electron chi connectivity index (χ4n) is 1.35. The Morgan fingerprint density at radius 3 is 2.76 bits per heavy atom. The number of aromatic nitrogens is 1. The number of rotatable bonds is 2. The number of hydrogen-bond acceptors (Lipinski definition) is 3. The van der Waals surface area contributed by atoms with Gasteiger partial charge in [-0.3, -0.25) is 0 Å². The van der Waals surface area contributed by atoms with Crippen LogP contribution in [0.5, 0.6) is 11.6 Å². The van der Waals surface area contributed by atoms with Crippen molar-refractivity contribution in [3.05, 3.63) is 45.5 Å². The molecule has 0 aliphatic heterocycles. The van der Waals surface area contributed by atoms with Crippen molar-refractivity contribution in [1.82, 2.24) is 4.98 Å². The average Bonchev–Trinajstić information content (AvgIpc) is 2.25. The van der Waals surface area contributed by atoms with Crippen LogP contribution in [0.3, 0.4) is 0 Å². The maximum Gasteiger partial charge on any atom is 0.222 e. The molecule has 0 saturated carbocycles. The van der Waals surface area contributed by atoms with Crippen LogP contribution in [0.15, 0.2) is 34.9 Å². The molecule has 5 heteroatoms. The number of pyridine rings is 1. The number of halogens is 2. The highest BCUT2D eigenvalue weighted by Crippen LogP contribution is 2.30. The lowest BCUT2D eigenvalue weighted by molar-refractivity contribution is 0.461. The Morgan fingerprint density at radius 1 is 1.35 bits per heavy atom. The van der Waals surface area contributed by atoms with Crippen molar-refractivity contribution in [2.45, 2.75) is 6.92 Å². The van der Waals surface area contributed by atoms with Gasteiger partial charge in [-0.25, -0.2) is 4.98 Å². The molecule has 0 amide bonds. The molecule has 0 aliphatic carbocycles. The van der Waals surface area contributed by atoms with E-state index in [-0.39, 0.29) is 0 Å². The number of hydrogen-bond donors (Lipinski definition) is 1. The zero-order valence-electron chi connectivity index (χ0n) is 9.08. The second-order valence-corrected chi connectivity index (χ2v) is 4.91. The molecule has 2 aromatic rings. The first kappa shape index (κ1) is 12.2. The van der Waals surface area contributed by atoms with Gasteiger partial charge in [0.05, 0.1) is 5.69 Å². The lowest BCUT2D eigenvalue weighted by atomic mass is 10.3. The summed E-state index contributed by atoms with van der Waals surface area (Å²) in [6.07, 6.45) is 1.68. The van der Waals surface area contributed by atoms with Gasteiger partial charge in [0.1, 0.15) is 0 Å². The summed E-state index contributed by atoms with van der Waals surface area (Å²) in [4.78, 5) is 4.18. The molecule has 0 radical (unpaired) electrons. The topological polar surface area (TPSA) is 48.1 Å². The van der Waals surface area contributed by atoms with Crippen LogP contribution in [0.1, 0.15) is 5.56 Å². The fraction of sp³-hybridized carbons (Fsp3) is 0.0833. The molecule has 0 atom stereocenters. The molecule has 1 aromatic heterocycles. The van der Waals surface area contributed by atoms with E-state index in [0.29, 0.717) is 22.3 Å². The summed E-state index contributed by atoms with van der Waals surface area (Å²) in [7, 11) is 0. The molecule has 0 aliphatic rings. The Bertz CT molecular complexity index is 511. The van der Waals surface area contributed by atoms with Gasteiger partial charge in [-0.1, -0.05) is 11.6 Å². The molecule has 0 spiro atoms. The minimum Gasteiger partial charge on any atom is -0.437 e. The molecule has 88 valence electrons. The fourth-order valence-corrected chi connectivity index (χ4v) is 1.98. The van der Waals surface area contributed by atoms with E-state index >= 15 is 0 Å². The number of benzene rings is 1. The van der Waals surface area contributed by atoms with Crippen molar-refractivity contribution in [1.29, 1.82) is 0 Å². The van der Waals surface area contributed by atoms with Crippen LogP contribution >= 0.6 is 27.5 Å². The van der Waals surface area contributed by atoms with Gasteiger partial charge in [-0.2, -0.15) is 0 Å². The van der Waals surface area contributed by atoms with Crippen LogP contribution in [0, 0.1) is 6.92 Å². The molecule has 2 N–H and O–H groups in total. The normalized spacial score (nSPS) is 10.3. The van der Waals surface area contributed by atoms with Gasteiger partial charge >= 0.3 is 0 Å². The molecule has 0 bridgehead atoms. The first-order chi connectivity index (χ1) is 8.06. The van der Waals surface area contributed by atoms with Gasteiger partial charge < -0.3 is 10.5 Å². The molecule has 1 heterocycles. The highest BCUT2D eigenvalue weighted by molar-refractivity contribution is 9.10. The van der Waals surface area contributed by atoms with Crippen molar-refractivity contribution in [3.8, 4) is 11.6 Å². The van der Waals surface area contributed by atoms with Crippen LogP contribution in [0.4, 0.5) is 5.69 Å². The number of nitrogen functional groups attached to an aromatic ring is 1. The van der Waals surface area contributed by atoms with Crippen molar-refractivity contribution in [2.75, 3.05) is 5.73 Å². The van der Waals surface area contributed by atoms with Gasteiger partial charge in [0, 0.05) is 21.3 Å². The first-order valence-electron chi connectivity index (χ1n) is 4.91. The number of anilines is 1. The number of nitrogens with two attached hydrogens (primary N) is 1. The number of aryl methyl sites for hydroxylation is 1. The summed E-state index contributed by atoms with van der Waals surface area (Å²) >= 11 is 9.16. The van der Waals surface area contributed by atoms with Crippen LogP contribution in [0.25, 0.3) is 0 Å². The Hall–Kier alpha value is -1.26. The SMILES string of the molecule is Cc1cc(Br)cnc1Oc1ccc(Cl)cc1N. The maximum absolute atomic E-state index is 5.81. The molecule has 2 rings (SSSR count).